The van der Waals surface area contributed by atoms with Gasteiger partial charge in [-0.3, -0.25) is 4.98 Å². The summed E-state index contributed by atoms with van der Waals surface area (Å²) in [7, 11) is 0. The van der Waals surface area contributed by atoms with Crippen LogP contribution >= 0.6 is 0 Å². The lowest BCUT2D eigenvalue weighted by Crippen LogP contribution is -2.40. The standard InChI is InChI=1S/C13H21N3O2/c1-9-7-14-6-5-10(9)16-12(18)15-8-11(17)13(2,3)4/h5-7,11,17H,8H2,1-4H3,(H2,14,15,16,18). The van der Waals surface area contributed by atoms with E-state index in [4.69, 9.17) is 0 Å². The number of urea groups is 1. The summed E-state index contributed by atoms with van der Waals surface area (Å²) in [5, 5.41) is 15.2. The Morgan fingerprint density at radius 1 is 1.50 bits per heavy atom. The number of hydrogen-bond acceptors (Lipinski definition) is 3. The van der Waals surface area contributed by atoms with Gasteiger partial charge in [0.05, 0.1) is 6.10 Å². The topological polar surface area (TPSA) is 74.2 Å². The van der Waals surface area contributed by atoms with E-state index in [0.717, 1.165) is 5.56 Å². The first kappa shape index (κ1) is 14.4. The van der Waals surface area contributed by atoms with Crippen molar-refractivity contribution in [3.05, 3.63) is 24.0 Å². The second-order valence-corrected chi connectivity index (χ2v) is 5.41. The van der Waals surface area contributed by atoms with Crippen molar-refractivity contribution < 1.29 is 9.90 Å². The molecule has 0 bridgehead atoms. The molecular weight excluding hydrogens is 230 g/mol. The maximum Gasteiger partial charge on any atom is 0.319 e. The number of carbonyl (C=O) groups excluding carboxylic acids is 1. The highest BCUT2D eigenvalue weighted by Gasteiger charge is 2.22. The van der Waals surface area contributed by atoms with Gasteiger partial charge in [-0.1, -0.05) is 20.8 Å². The van der Waals surface area contributed by atoms with Gasteiger partial charge in [-0.25, -0.2) is 4.79 Å². The molecule has 2 amide bonds. The fourth-order valence-corrected chi connectivity index (χ4v) is 1.28. The van der Waals surface area contributed by atoms with Crippen molar-refractivity contribution in [1.82, 2.24) is 10.3 Å². The molecule has 100 valence electrons. The second kappa shape index (κ2) is 5.82. The molecule has 0 fully saturated rings. The Kier molecular flexibility index (Phi) is 4.67. The van der Waals surface area contributed by atoms with Gasteiger partial charge in [-0.15, -0.1) is 0 Å². The molecule has 1 aromatic heterocycles. The second-order valence-electron chi connectivity index (χ2n) is 5.41. The molecule has 0 radical (unpaired) electrons. The SMILES string of the molecule is Cc1cnccc1NC(=O)NCC(O)C(C)(C)C. The van der Waals surface area contributed by atoms with Crippen molar-refractivity contribution in [1.29, 1.82) is 0 Å². The van der Waals surface area contributed by atoms with Crippen LogP contribution in [0.25, 0.3) is 0 Å². The van der Waals surface area contributed by atoms with Gasteiger partial charge < -0.3 is 15.7 Å². The molecule has 5 nitrogen and oxygen atoms in total. The number of nitrogens with one attached hydrogen (secondary N) is 2. The molecule has 3 N–H and O–H groups in total. The van der Waals surface area contributed by atoms with Crippen molar-refractivity contribution in [3.63, 3.8) is 0 Å². The van der Waals surface area contributed by atoms with Crippen LogP contribution in [0.2, 0.25) is 0 Å². The highest BCUT2D eigenvalue weighted by molar-refractivity contribution is 5.89. The van der Waals surface area contributed by atoms with Gasteiger partial charge in [-0.05, 0) is 24.0 Å². The van der Waals surface area contributed by atoms with Crippen LogP contribution in [0, 0.1) is 12.3 Å². The number of aryl methyl sites for hydroxylation is 1. The summed E-state index contributed by atoms with van der Waals surface area (Å²) in [4.78, 5) is 15.6. The molecule has 0 aliphatic carbocycles. The van der Waals surface area contributed by atoms with E-state index in [-0.39, 0.29) is 18.0 Å². The maximum atomic E-state index is 11.6. The van der Waals surface area contributed by atoms with E-state index >= 15 is 0 Å². The monoisotopic (exact) mass is 251 g/mol. The number of carbonyl (C=O) groups is 1. The Labute approximate surface area is 108 Å². The van der Waals surface area contributed by atoms with Gasteiger partial charge in [0.15, 0.2) is 0 Å². The quantitative estimate of drug-likeness (QED) is 0.768. The molecule has 1 unspecified atom stereocenters. The number of pyridine rings is 1. The number of amides is 2. The average molecular weight is 251 g/mol. The van der Waals surface area contributed by atoms with Gasteiger partial charge in [0.2, 0.25) is 0 Å². The van der Waals surface area contributed by atoms with Gasteiger partial charge in [0.1, 0.15) is 0 Å². The number of aliphatic hydroxyl groups is 1. The Hall–Kier alpha value is -1.62. The minimum absolute atomic E-state index is 0.222. The van der Waals surface area contributed by atoms with Gasteiger partial charge in [0, 0.05) is 24.6 Å². The third-order valence-electron chi connectivity index (χ3n) is 2.72. The first-order chi connectivity index (χ1) is 8.30. The van der Waals surface area contributed by atoms with Crippen LogP contribution < -0.4 is 10.6 Å². The number of nitrogens with zero attached hydrogens (tertiary/aromatic N) is 1. The zero-order valence-corrected chi connectivity index (χ0v) is 11.3. The zero-order valence-electron chi connectivity index (χ0n) is 11.3. The van der Waals surface area contributed by atoms with E-state index in [9.17, 15) is 9.90 Å². The summed E-state index contributed by atoms with van der Waals surface area (Å²) in [5.41, 5.74) is 1.36. The minimum Gasteiger partial charge on any atom is -0.391 e. The number of aromatic nitrogens is 1. The fraction of sp³-hybridized carbons (Fsp3) is 0.538. The summed E-state index contributed by atoms with van der Waals surface area (Å²) in [6, 6.07) is 1.40. The average Bonchev–Trinajstić information content (AvgIpc) is 2.27. The molecule has 5 heteroatoms. The molecule has 0 aliphatic heterocycles. The molecule has 0 saturated carbocycles. The van der Waals surface area contributed by atoms with Crippen LogP contribution in [0.3, 0.4) is 0 Å². The van der Waals surface area contributed by atoms with E-state index in [2.05, 4.69) is 15.6 Å². The summed E-state index contributed by atoms with van der Waals surface area (Å²) in [5.74, 6) is 0. The summed E-state index contributed by atoms with van der Waals surface area (Å²) in [6.07, 6.45) is 2.72. The zero-order chi connectivity index (χ0) is 13.8. The Morgan fingerprint density at radius 3 is 2.72 bits per heavy atom. The highest BCUT2D eigenvalue weighted by Crippen LogP contribution is 2.18. The summed E-state index contributed by atoms with van der Waals surface area (Å²) in [6.45, 7) is 7.85. The summed E-state index contributed by atoms with van der Waals surface area (Å²) >= 11 is 0. The smallest absolute Gasteiger partial charge is 0.319 e. The van der Waals surface area contributed by atoms with Crippen LogP contribution in [0.15, 0.2) is 18.5 Å². The molecule has 1 atom stereocenters. The van der Waals surface area contributed by atoms with Crippen molar-refractivity contribution in [2.45, 2.75) is 33.8 Å². The number of hydrogen-bond donors (Lipinski definition) is 3. The van der Waals surface area contributed by atoms with Crippen LogP contribution in [-0.2, 0) is 0 Å². The Morgan fingerprint density at radius 2 is 2.17 bits per heavy atom. The molecule has 0 spiro atoms. The first-order valence-corrected chi connectivity index (χ1v) is 5.94. The van der Waals surface area contributed by atoms with Gasteiger partial charge >= 0.3 is 6.03 Å². The van der Waals surface area contributed by atoms with Crippen molar-refractivity contribution in [3.8, 4) is 0 Å². The Balaban J connectivity index is 2.46. The maximum absolute atomic E-state index is 11.6. The highest BCUT2D eigenvalue weighted by atomic mass is 16.3. The Bertz CT molecular complexity index is 413. The molecule has 0 saturated heterocycles. The van der Waals surface area contributed by atoms with Crippen molar-refractivity contribution in [2.24, 2.45) is 5.41 Å². The molecule has 18 heavy (non-hydrogen) atoms. The molecular formula is C13H21N3O2. The molecule has 0 aromatic carbocycles. The van der Waals surface area contributed by atoms with Gasteiger partial charge in [0.25, 0.3) is 0 Å². The molecule has 1 rings (SSSR count). The summed E-state index contributed by atoms with van der Waals surface area (Å²) < 4.78 is 0. The van der Waals surface area contributed by atoms with E-state index in [1.807, 2.05) is 27.7 Å². The number of rotatable bonds is 3. The predicted octanol–water partition coefficient (Wildman–Crippen LogP) is 1.92. The minimum atomic E-state index is -0.582. The lowest BCUT2D eigenvalue weighted by atomic mass is 9.89. The first-order valence-electron chi connectivity index (χ1n) is 5.94. The van der Waals surface area contributed by atoms with Crippen molar-refractivity contribution >= 4 is 11.7 Å². The van der Waals surface area contributed by atoms with E-state index in [1.165, 1.54) is 0 Å². The molecule has 1 aromatic rings. The number of anilines is 1. The van der Waals surface area contributed by atoms with E-state index in [1.54, 1.807) is 18.5 Å². The molecule has 0 aliphatic rings. The third-order valence-corrected chi connectivity index (χ3v) is 2.72. The van der Waals surface area contributed by atoms with Crippen LogP contribution in [-0.4, -0.2) is 28.8 Å². The van der Waals surface area contributed by atoms with Crippen LogP contribution in [0.4, 0.5) is 10.5 Å². The molecule has 1 heterocycles. The largest absolute Gasteiger partial charge is 0.391 e. The number of aliphatic hydroxyl groups excluding tert-OH is 1. The predicted molar refractivity (Wildman–Crippen MR) is 71.5 cm³/mol. The van der Waals surface area contributed by atoms with E-state index < -0.39 is 6.10 Å². The lowest BCUT2D eigenvalue weighted by Gasteiger charge is -2.25. The van der Waals surface area contributed by atoms with Crippen LogP contribution in [0.1, 0.15) is 26.3 Å². The van der Waals surface area contributed by atoms with Crippen molar-refractivity contribution in [2.75, 3.05) is 11.9 Å². The normalized spacial score (nSPS) is 12.9. The van der Waals surface area contributed by atoms with Gasteiger partial charge in [-0.2, -0.15) is 0 Å². The third kappa shape index (κ3) is 4.33. The fourth-order valence-electron chi connectivity index (χ4n) is 1.28. The van der Waals surface area contributed by atoms with E-state index in [0.29, 0.717) is 5.69 Å². The van der Waals surface area contributed by atoms with Crippen LogP contribution in [0.5, 0.6) is 0 Å². The lowest BCUT2D eigenvalue weighted by molar-refractivity contribution is 0.0654.